The van der Waals surface area contributed by atoms with Crippen LogP contribution < -0.4 is 4.72 Å². The molecule has 3 nitrogen and oxygen atoms in total. The molecule has 0 amide bonds. The maximum atomic E-state index is 10.2. The van der Waals surface area contributed by atoms with Crippen molar-refractivity contribution in [1.82, 2.24) is 4.72 Å². The number of nitrogens with one attached hydrogen (secondary N) is 1. The Labute approximate surface area is 160 Å². The van der Waals surface area contributed by atoms with Crippen molar-refractivity contribution >= 4 is 24.5 Å². The van der Waals surface area contributed by atoms with Gasteiger partial charge >= 0.3 is 0 Å². The minimum Gasteiger partial charge on any atom is -0.303 e. The first kappa shape index (κ1) is 24.7. The molecule has 0 heterocycles. The number of carbonyl (C=O) groups is 2. The average molecular weight is 372 g/mol. The Balaban J connectivity index is 2.96. The number of hydrogen-bond acceptors (Lipinski definition) is 4. The zero-order chi connectivity index (χ0) is 18.3. The van der Waals surface area contributed by atoms with Gasteiger partial charge in [0, 0.05) is 25.1 Å². The van der Waals surface area contributed by atoms with Crippen molar-refractivity contribution < 1.29 is 9.59 Å². The summed E-state index contributed by atoms with van der Waals surface area (Å²) in [6, 6.07) is 0. The molecule has 0 fully saturated rings. The molecule has 0 spiro atoms. The fourth-order valence-electron chi connectivity index (χ4n) is 2.97. The summed E-state index contributed by atoms with van der Waals surface area (Å²) in [5.74, 6) is 0.894. The zero-order valence-electron chi connectivity index (χ0n) is 16.3. The number of hydrogen-bond donors (Lipinski definition) is 1. The maximum absolute atomic E-state index is 10.2. The molecule has 148 valence electrons. The van der Waals surface area contributed by atoms with Crippen LogP contribution in [0.15, 0.2) is 0 Å². The lowest BCUT2D eigenvalue weighted by Gasteiger charge is -2.04. The van der Waals surface area contributed by atoms with Crippen LogP contribution in [0.25, 0.3) is 0 Å². The monoisotopic (exact) mass is 371 g/mol. The van der Waals surface area contributed by atoms with Crippen molar-refractivity contribution in [3.63, 3.8) is 0 Å². The second-order valence-corrected chi connectivity index (χ2v) is 7.94. The van der Waals surface area contributed by atoms with Crippen LogP contribution in [-0.4, -0.2) is 24.9 Å². The molecule has 0 saturated heterocycles. The highest BCUT2D eigenvalue weighted by Gasteiger charge is 1.95. The molecule has 0 rings (SSSR count). The predicted octanol–water partition coefficient (Wildman–Crippen LogP) is 6.25. The van der Waals surface area contributed by atoms with E-state index < -0.39 is 0 Å². The van der Waals surface area contributed by atoms with E-state index in [9.17, 15) is 9.59 Å². The van der Waals surface area contributed by atoms with Gasteiger partial charge in [-0.05, 0) is 12.8 Å². The fourth-order valence-corrected chi connectivity index (χ4v) is 3.62. The van der Waals surface area contributed by atoms with E-state index >= 15 is 0 Å². The first-order valence-electron chi connectivity index (χ1n) is 10.6. The van der Waals surface area contributed by atoms with Crippen molar-refractivity contribution in [1.29, 1.82) is 0 Å². The Hall–Kier alpha value is -0.350. The molecule has 25 heavy (non-hydrogen) atoms. The lowest BCUT2D eigenvalue weighted by Crippen LogP contribution is -2.06. The predicted molar refractivity (Wildman–Crippen MR) is 111 cm³/mol. The Kier molecular flexibility index (Phi) is 23.3. The Morgan fingerprint density at radius 3 is 1.36 bits per heavy atom. The highest BCUT2D eigenvalue weighted by Crippen LogP contribution is 2.13. The number of carbonyl (C=O) groups excluding carboxylic acids is 2. The van der Waals surface area contributed by atoms with E-state index in [1.807, 2.05) is 0 Å². The quantitative estimate of drug-likeness (QED) is 0.139. The standard InChI is InChI=1S/C21H41NO2S/c23-19-16-14-12-10-8-6-4-2-1-3-5-7-9-11-13-15-18-22-25-21-17-20-24/h19-20,22H,1-18,21H2. The summed E-state index contributed by atoms with van der Waals surface area (Å²) in [7, 11) is 0. The Bertz CT molecular complexity index is 249. The van der Waals surface area contributed by atoms with E-state index in [1.54, 1.807) is 11.9 Å². The minimum atomic E-state index is 0.653. The molecule has 0 bridgehead atoms. The van der Waals surface area contributed by atoms with Crippen LogP contribution in [0.3, 0.4) is 0 Å². The summed E-state index contributed by atoms with van der Waals surface area (Å²) in [6.07, 6.45) is 23.5. The van der Waals surface area contributed by atoms with Crippen LogP contribution in [-0.2, 0) is 9.59 Å². The van der Waals surface area contributed by atoms with E-state index in [0.717, 1.165) is 37.7 Å². The van der Waals surface area contributed by atoms with E-state index in [-0.39, 0.29) is 0 Å². The van der Waals surface area contributed by atoms with Crippen LogP contribution in [0.2, 0.25) is 0 Å². The third-order valence-electron chi connectivity index (χ3n) is 4.54. The molecule has 0 unspecified atom stereocenters. The molecule has 0 aliphatic carbocycles. The van der Waals surface area contributed by atoms with E-state index in [2.05, 4.69) is 4.72 Å². The van der Waals surface area contributed by atoms with Crippen LogP contribution in [0, 0.1) is 0 Å². The van der Waals surface area contributed by atoms with Gasteiger partial charge < -0.3 is 9.59 Å². The van der Waals surface area contributed by atoms with Gasteiger partial charge in [-0.25, -0.2) is 0 Å². The summed E-state index contributed by atoms with van der Waals surface area (Å²) in [5.41, 5.74) is 0. The first-order chi connectivity index (χ1) is 12.4. The van der Waals surface area contributed by atoms with E-state index in [4.69, 9.17) is 0 Å². The van der Waals surface area contributed by atoms with Gasteiger partial charge in [0.15, 0.2) is 0 Å². The molecule has 4 heteroatoms. The summed E-state index contributed by atoms with van der Waals surface area (Å²) in [5, 5.41) is 0. The topological polar surface area (TPSA) is 46.2 Å². The van der Waals surface area contributed by atoms with Gasteiger partial charge in [0.05, 0.1) is 0 Å². The van der Waals surface area contributed by atoms with Gasteiger partial charge in [0.25, 0.3) is 0 Å². The summed E-state index contributed by atoms with van der Waals surface area (Å²) < 4.78 is 3.32. The second kappa shape index (κ2) is 23.6. The average Bonchev–Trinajstić information content (AvgIpc) is 2.63. The SMILES string of the molecule is O=CCCCCCCCCCCCCCCCCCNSCCC=O. The Morgan fingerprint density at radius 2 is 0.920 bits per heavy atom. The van der Waals surface area contributed by atoms with Gasteiger partial charge in [-0.1, -0.05) is 95.4 Å². The van der Waals surface area contributed by atoms with Gasteiger partial charge in [-0.15, -0.1) is 0 Å². The second-order valence-electron chi connectivity index (χ2n) is 6.96. The Morgan fingerprint density at radius 1 is 0.520 bits per heavy atom. The minimum absolute atomic E-state index is 0.653. The first-order valence-corrected chi connectivity index (χ1v) is 11.6. The number of unbranched alkanes of at least 4 members (excludes halogenated alkanes) is 15. The van der Waals surface area contributed by atoms with Crippen molar-refractivity contribution in [2.45, 2.75) is 109 Å². The molecule has 0 atom stereocenters. The molecule has 0 aliphatic heterocycles. The molecule has 1 N–H and O–H groups in total. The summed E-state index contributed by atoms with van der Waals surface area (Å²) in [6.45, 7) is 1.07. The molecular formula is C21H41NO2S. The largest absolute Gasteiger partial charge is 0.303 e. The van der Waals surface area contributed by atoms with Gasteiger partial charge in [0.1, 0.15) is 12.6 Å². The van der Waals surface area contributed by atoms with Crippen LogP contribution in [0.5, 0.6) is 0 Å². The van der Waals surface area contributed by atoms with E-state index in [0.29, 0.717) is 6.42 Å². The molecule has 0 saturated carbocycles. The van der Waals surface area contributed by atoms with Crippen LogP contribution in [0.4, 0.5) is 0 Å². The van der Waals surface area contributed by atoms with E-state index in [1.165, 1.54) is 89.9 Å². The molecule has 0 aromatic heterocycles. The van der Waals surface area contributed by atoms with Crippen LogP contribution >= 0.6 is 11.9 Å². The van der Waals surface area contributed by atoms with Crippen molar-refractivity contribution in [2.75, 3.05) is 12.3 Å². The molecule has 0 radical (unpaired) electrons. The van der Waals surface area contributed by atoms with Gasteiger partial charge in [-0.2, -0.15) is 0 Å². The van der Waals surface area contributed by atoms with Crippen molar-refractivity contribution in [3.8, 4) is 0 Å². The maximum Gasteiger partial charge on any atom is 0.120 e. The summed E-state index contributed by atoms with van der Waals surface area (Å²) >= 11 is 1.67. The van der Waals surface area contributed by atoms with Gasteiger partial charge in [-0.3, -0.25) is 4.72 Å². The van der Waals surface area contributed by atoms with Crippen LogP contribution in [0.1, 0.15) is 109 Å². The highest BCUT2D eigenvalue weighted by atomic mass is 32.2. The van der Waals surface area contributed by atoms with Crippen molar-refractivity contribution in [3.05, 3.63) is 0 Å². The zero-order valence-corrected chi connectivity index (χ0v) is 17.1. The lowest BCUT2D eigenvalue weighted by molar-refractivity contribution is -0.108. The molecule has 0 aliphatic rings. The highest BCUT2D eigenvalue weighted by molar-refractivity contribution is 7.97. The lowest BCUT2D eigenvalue weighted by atomic mass is 10.0. The summed E-state index contributed by atoms with van der Waals surface area (Å²) in [4.78, 5) is 20.3. The van der Waals surface area contributed by atoms with Gasteiger partial charge in [0.2, 0.25) is 0 Å². The fraction of sp³-hybridized carbons (Fsp3) is 0.905. The molecular weight excluding hydrogens is 330 g/mol. The van der Waals surface area contributed by atoms with Crippen molar-refractivity contribution in [2.24, 2.45) is 0 Å². The molecule has 0 aromatic rings. The number of aldehydes is 2. The molecule has 0 aromatic carbocycles. The number of rotatable bonds is 22. The smallest absolute Gasteiger partial charge is 0.120 e. The third kappa shape index (κ3) is 23.6. The third-order valence-corrected chi connectivity index (χ3v) is 5.39. The normalized spacial score (nSPS) is 10.9.